The molecule has 184 valence electrons. The van der Waals surface area contributed by atoms with Crippen molar-refractivity contribution in [1.82, 2.24) is 5.32 Å². The third kappa shape index (κ3) is 4.34. The Morgan fingerprint density at radius 3 is 2.46 bits per heavy atom. The summed E-state index contributed by atoms with van der Waals surface area (Å²) in [7, 11) is -4.47. The zero-order chi connectivity index (χ0) is 25.1. The van der Waals surface area contributed by atoms with Crippen LogP contribution in [0.1, 0.15) is 12.5 Å². The van der Waals surface area contributed by atoms with E-state index in [4.69, 9.17) is 4.74 Å². The minimum Gasteiger partial charge on any atom is -0.485 e. The van der Waals surface area contributed by atoms with E-state index in [-0.39, 0.29) is 41.2 Å². The Balaban J connectivity index is 1.63. The molecule has 0 saturated carbocycles. The minimum atomic E-state index is -4.73. The van der Waals surface area contributed by atoms with E-state index in [1.54, 1.807) is 0 Å². The molecule has 0 aliphatic carbocycles. The van der Waals surface area contributed by atoms with Crippen LogP contribution in [0.3, 0.4) is 0 Å². The van der Waals surface area contributed by atoms with Crippen LogP contribution >= 0.6 is 0 Å². The number of hydrogen-bond donors (Lipinski definition) is 1. The fourth-order valence-corrected chi connectivity index (χ4v) is 5.74. The van der Waals surface area contributed by atoms with Crippen molar-refractivity contribution >= 4 is 15.7 Å². The van der Waals surface area contributed by atoms with Crippen LogP contribution in [0.5, 0.6) is 5.75 Å². The van der Waals surface area contributed by atoms with Gasteiger partial charge in [0.05, 0.1) is 28.7 Å². The van der Waals surface area contributed by atoms with Crippen LogP contribution in [0.2, 0.25) is 0 Å². The number of alkyl halides is 3. The average Bonchev–Trinajstić information content (AvgIpc) is 3.55. The van der Waals surface area contributed by atoms with Gasteiger partial charge in [0, 0.05) is 11.6 Å². The van der Waals surface area contributed by atoms with Crippen LogP contribution in [0.25, 0.3) is 11.1 Å². The predicted molar refractivity (Wildman–Crippen MR) is 119 cm³/mol. The van der Waals surface area contributed by atoms with Gasteiger partial charge in [-0.25, -0.2) is 17.2 Å². The van der Waals surface area contributed by atoms with Crippen LogP contribution in [0.4, 0.5) is 27.6 Å². The Hall–Kier alpha value is -3.18. The summed E-state index contributed by atoms with van der Waals surface area (Å²) in [6, 6.07) is 10.5. The first kappa shape index (κ1) is 23.6. The molecular weight excluding hydrogens is 491 g/mol. The Labute approximate surface area is 198 Å². The van der Waals surface area contributed by atoms with Crippen molar-refractivity contribution in [2.45, 2.75) is 36.2 Å². The van der Waals surface area contributed by atoms with E-state index < -0.39 is 44.4 Å². The highest BCUT2D eigenvalue weighted by Gasteiger charge is 2.46. The predicted octanol–water partition coefficient (Wildman–Crippen LogP) is 4.97. The minimum absolute atomic E-state index is 0.0214. The van der Waals surface area contributed by atoms with E-state index >= 15 is 0 Å². The number of ether oxygens (including phenoxy) is 1. The van der Waals surface area contributed by atoms with E-state index in [0.29, 0.717) is 6.07 Å². The summed E-state index contributed by atoms with van der Waals surface area (Å²) in [5.41, 5.74) is -0.987. The first-order chi connectivity index (χ1) is 16.4. The van der Waals surface area contributed by atoms with Gasteiger partial charge in [0.15, 0.2) is 0 Å². The molecule has 0 radical (unpaired) electrons. The molecule has 3 atom stereocenters. The molecule has 5 nitrogen and oxygen atoms in total. The topological polar surface area (TPSA) is 68.5 Å². The van der Waals surface area contributed by atoms with E-state index in [9.17, 15) is 30.4 Å². The largest absolute Gasteiger partial charge is 0.485 e. The number of halogens is 5. The highest BCUT2D eigenvalue weighted by atomic mass is 32.2. The molecule has 11 heteroatoms. The average molecular weight is 510 g/mol. The molecule has 1 N–H and O–H groups in total. The molecule has 1 saturated heterocycles. The second-order valence-corrected chi connectivity index (χ2v) is 10.4. The molecule has 2 heterocycles. The monoisotopic (exact) mass is 510 g/mol. The third-order valence-corrected chi connectivity index (χ3v) is 7.90. The second kappa shape index (κ2) is 8.20. The lowest BCUT2D eigenvalue weighted by Crippen LogP contribution is -2.46. The van der Waals surface area contributed by atoms with Crippen LogP contribution in [-0.4, -0.2) is 33.2 Å². The first-order valence-electron chi connectivity index (χ1n) is 10.7. The van der Waals surface area contributed by atoms with Gasteiger partial charge in [-0.1, -0.05) is 12.1 Å². The Bertz CT molecular complexity index is 1410. The molecule has 0 amide bonds. The Morgan fingerprint density at radius 2 is 1.77 bits per heavy atom. The van der Waals surface area contributed by atoms with Crippen molar-refractivity contribution in [1.29, 1.82) is 0 Å². The number of fused-ring (bicyclic) bond motifs is 1. The lowest BCUT2D eigenvalue weighted by molar-refractivity contribution is -0.137. The van der Waals surface area contributed by atoms with Gasteiger partial charge in [-0.3, -0.25) is 4.31 Å². The first-order valence-corrected chi connectivity index (χ1v) is 12.1. The number of sulfonamides is 1. The summed E-state index contributed by atoms with van der Waals surface area (Å²) in [4.78, 5) is -0.543. The van der Waals surface area contributed by atoms with Crippen molar-refractivity contribution in [3.8, 4) is 16.9 Å². The highest BCUT2D eigenvalue weighted by Crippen LogP contribution is 2.42. The summed E-state index contributed by atoms with van der Waals surface area (Å²) in [5.74, 6) is -1.24. The molecule has 0 bridgehead atoms. The lowest BCUT2D eigenvalue weighted by Gasteiger charge is -2.36. The van der Waals surface area contributed by atoms with Crippen LogP contribution in [-0.2, 0) is 16.2 Å². The van der Waals surface area contributed by atoms with Gasteiger partial charge in [-0.15, -0.1) is 0 Å². The maximum absolute atomic E-state index is 14.4. The quantitative estimate of drug-likeness (QED) is 0.398. The van der Waals surface area contributed by atoms with Crippen LogP contribution in [0.15, 0.2) is 65.6 Å². The summed E-state index contributed by atoms with van der Waals surface area (Å²) < 4.78 is 102. The molecule has 2 aliphatic rings. The second-order valence-electron chi connectivity index (χ2n) is 8.51. The van der Waals surface area contributed by atoms with Crippen LogP contribution < -0.4 is 14.4 Å². The normalized spacial score (nSPS) is 21.9. The van der Waals surface area contributed by atoms with Gasteiger partial charge in [-0.05, 0) is 61.0 Å². The molecule has 3 aromatic carbocycles. The molecule has 35 heavy (non-hydrogen) atoms. The van der Waals surface area contributed by atoms with Gasteiger partial charge in [0.1, 0.15) is 23.5 Å². The van der Waals surface area contributed by atoms with Crippen LogP contribution in [0, 0.1) is 11.6 Å². The summed E-state index contributed by atoms with van der Waals surface area (Å²) in [6.45, 7) is 1.72. The zero-order valence-electron chi connectivity index (χ0n) is 18.2. The molecular formula is C24H19F5N2O3S. The number of nitrogens with zero attached hydrogens (tertiary/aromatic N) is 1. The summed E-state index contributed by atoms with van der Waals surface area (Å²) in [5, 5.41) is 3.14. The standard InChI is InChI=1S/C24H19F5N2O3S/c1-13-23(30-13)22-12-31(35(32,33)17-4-2-3-15(10-17)24(27,28)29)20-9-14(5-8-21(20)34-22)18-11-16(25)6-7-19(18)26/h2-11,13,22-23,30H,12H2,1H3. The van der Waals surface area contributed by atoms with Crippen molar-refractivity contribution in [2.75, 3.05) is 10.8 Å². The molecule has 2 aliphatic heterocycles. The summed E-state index contributed by atoms with van der Waals surface area (Å²) in [6.07, 6.45) is -5.33. The SMILES string of the molecule is CC1NC1C1CN(S(=O)(=O)c2cccc(C(F)(F)F)c2)c2cc(-c3cc(F)ccc3F)ccc2O1. The van der Waals surface area contributed by atoms with Gasteiger partial charge < -0.3 is 10.1 Å². The lowest BCUT2D eigenvalue weighted by atomic mass is 10.0. The molecule has 5 rings (SSSR count). The van der Waals surface area contributed by atoms with E-state index in [1.807, 2.05) is 6.92 Å². The van der Waals surface area contributed by atoms with Gasteiger partial charge >= 0.3 is 6.18 Å². The highest BCUT2D eigenvalue weighted by molar-refractivity contribution is 7.92. The van der Waals surface area contributed by atoms with Crippen molar-refractivity contribution < 1.29 is 35.1 Å². The molecule has 1 fully saturated rings. The molecule has 0 spiro atoms. The Morgan fingerprint density at radius 1 is 1.03 bits per heavy atom. The van der Waals surface area contributed by atoms with E-state index in [1.165, 1.54) is 18.2 Å². The van der Waals surface area contributed by atoms with Crippen molar-refractivity contribution in [3.63, 3.8) is 0 Å². The third-order valence-electron chi connectivity index (χ3n) is 6.13. The van der Waals surface area contributed by atoms with E-state index in [0.717, 1.165) is 40.7 Å². The molecule has 3 aromatic rings. The smallest absolute Gasteiger partial charge is 0.416 e. The van der Waals surface area contributed by atoms with Gasteiger partial charge in [0.25, 0.3) is 10.0 Å². The number of hydrogen-bond acceptors (Lipinski definition) is 4. The molecule has 3 unspecified atom stereocenters. The van der Waals surface area contributed by atoms with Gasteiger partial charge in [0.2, 0.25) is 0 Å². The van der Waals surface area contributed by atoms with Crippen molar-refractivity contribution in [3.05, 3.63) is 77.9 Å². The van der Waals surface area contributed by atoms with Crippen molar-refractivity contribution in [2.24, 2.45) is 0 Å². The number of nitrogens with one attached hydrogen (secondary N) is 1. The van der Waals surface area contributed by atoms with E-state index in [2.05, 4.69) is 5.32 Å². The number of anilines is 1. The fourth-order valence-electron chi connectivity index (χ4n) is 4.21. The Kier molecular flexibility index (Phi) is 5.52. The number of rotatable bonds is 4. The maximum atomic E-state index is 14.4. The fraction of sp³-hybridized carbons (Fsp3) is 0.250. The molecule has 0 aromatic heterocycles. The zero-order valence-corrected chi connectivity index (χ0v) is 19.0. The number of benzene rings is 3. The van der Waals surface area contributed by atoms with Gasteiger partial charge in [-0.2, -0.15) is 13.2 Å². The maximum Gasteiger partial charge on any atom is 0.416 e. The summed E-state index contributed by atoms with van der Waals surface area (Å²) >= 11 is 0.